The Morgan fingerprint density at radius 1 is 1.20 bits per heavy atom. The molecule has 0 radical (unpaired) electrons. The fourth-order valence-electron chi connectivity index (χ4n) is 3.33. The Morgan fingerprint density at radius 2 is 1.85 bits per heavy atom. The van der Waals surface area contributed by atoms with Crippen molar-refractivity contribution in [3.63, 3.8) is 0 Å². The summed E-state index contributed by atoms with van der Waals surface area (Å²) in [5.41, 5.74) is 0. The topological polar surface area (TPSA) is 66.5 Å². The molecule has 0 saturated carbocycles. The minimum Gasteiger partial charge on any atom is -0.341 e. The fourth-order valence-corrected chi connectivity index (χ4v) is 4.72. The molecule has 1 atom stereocenters. The lowest BCUT2D eigenvalue weighted by molar-refractivity contribution is -0.134. The normalized spacial score (nSPS) is 27.9. The summed E-state index contributed by atoms with van der Waals surface area (Å²) < 4.78 is 23.3. The van der Waals surface area contributed by atoms with Crippen LogP contribution >= 0.6 is 0 Å². The number of amides is 1. The summed E-state index contributed by atoms with van der Waals surface area (Å²) >= 11 is 0. The van der Waals surface area contributed by atoms with Gasteiger partial charge in [-0.1, -0.05) is 6.92 Å². The molecule has 2 aliphatic rings. The van der Waals surface area contributed by atoms with Crippen molar-refractivity contribution in [3.8, 4) is 0 Å². The maximum absolute atomic E-state index is 12.9. The molecular formula is C14H26N2O3S. The lowest BCUT2D eigenvalue weighted by Crippen LogP contribution is -2.58. The highest BCUT2D eigenvalue weighted by Crippen LogP contribution is 2.31. The van der Waals surface area contributed by atoms with Crippen LogP contribution in [0.2, 0.25) is 0 Å². The molecule has 2 rings (SSSR count). The van der Waals surface area contributed by atoms with Gasteiger partial charge in [0.2, 0.25) is 5.91 Å². The van der Waals surface area contributed by atoms with Crippen molar-refractivity contribution < 1.29 is 13.2 Å². The third-order valence-corrected chi connectivity index (χ3v) is 6.82. The molecule has 5 nitrogen and oxygen atoms in total. The highest BCUT2D eigenvalue weighted by atomic mass is 32.2. The first-order valence-corrected chi connectivity index (χ1v) is 9.46. The van der Waals surface area contributed by atoms with Crippen LogP contribution in [0.25, 0.3) is 0 Å². The van der Waals surface area contributed by atoms with Gasteiger partial charge in [-0.3, -0.25) is 4.79 Å². The molecule has 0 aliphatic carbocycles. The predicted molar refractivity (Wildman–Crippen MR) is 79.3 cm³/mol. The molecule has 2 saturated heterocycles. The van der Waals surface area contributed by atoms with Crippen molar-refractivity contribution in [2.45, 2.75) is 43.8 Å². The van der Waals surface area contributed by atoms with Crippen molar-refractivity contribution in [1.29, 1.82) is 0 Å². The van der Waals surface area contributed by atoms with Gasteiger partial charge in [0.05, 0.1) is 0 Å². The number of rotatable bonds is 2. The molecule has 0 aromatic carbocycles. The van der Waals surface area contributed by atoms with E-state index in [-0.39, 0.29) is 5.91 Å². The van der Waals surface area contributed by atoms with Gasteiger partial charge in [-0.15, -0.1) is 0 Å². The molecule has 0 spiro atoms. The molecular weight excluding hydrogens is 276 g/mol. The quantitative estimate of drug-likeness (QED) is 0.819. The van der Waals surface area contributed by atoms with E-state index in [2.05, 4.69) is 12.2 Å². The van der Waals surface area contributed by atoms with Gasteiger partial charge in [-0.25, -0.2) is 8.42 Å². The van der Waals surface area contributed by atoms with Crippen LogP contribution in [0.3, 0.4) is 0 Å². The largest absolute Gasteiger partial charge is 0.341 e. The molecule has 20 heavy (non-hydrogen) atoms. The number of hydrogen-bond donors (Lipinski definition) is 1. The van der Waals surface area contributed by atoms with Gasteiger partial charge < -0.3 is 10.2 Å². The number of hydrogen-bond acceptors (Lipinski definition) is 4. The number of likely N-dealkylation sites (tertiary alicyclic amines) is 1. The van der Waals surface area contributed by atoms with Crippen LogP contribution in [0.15, 0.2) is 0 Å². The number of sulfone groups is 1. The second-order valence-electron chi connectivity index (χ2n) is 6.34. The first-order valence-electron chi connectivity index (χ1n) is 7.56. The number of carbonyl (C=O) groups excluding carboxylic acids is 1. The molecule has 1 N–H and O–H groups in total. The van der Waals surface area contributed by atoms with E-state index in [0.717, 1.165) is 19.3 Å². The molecule has 0 aromatic heterocycles. The zero-order valence-corrected chi connectivity index (χ0v) is 13.3. The van der Waals surface area contributed by atoms with E-state index < -0.39 is 14.6 Å². The van der Waals surface area contributed by atoms with Gasteiger partial charge in [0.15, 0.2) is 14.6 Å². The van der Waals surface area contributed by atoms with Crippen LogP contribution < -0.4 is 5.32 Å². The second-order valence-corrected chi connectivity index (χ2v) is 8.67. The minimum absolute atomic E-state index is 0.157. The van der Waals surface area contributed by atoms with E-state index in [9.17, 15) is 13.2 Å². The molecule has 2 aliphatic heterocycles. The van der Waals surface area contributed by atoms with E-state index in [4.69, 9.17) is 0 Å². The molecule has 116 valence electrons. The summed E-state index contributed by atoms with van der Waals surface area (Å²) in [6, 6.07) is 0. The number of nitrogens with zero attached hydrogens (tertiary/aromatic N) is 1. The summed E-state index contributed by atoms with van der Waals surface area (Å²) in [5.74, 6) is 0.464. The summed E-state index contributed by atoms with van der Waals surface area (Å²) in [7, 11) is -3.39. The SMILES string of the molecule is CC1CCCN(C(=O)C2(S(C)(=O)=O)CCNCC2)CC1. The summed E-state index contributed by atoms with van der Waals surface area (Å²) in [5, 5.41) is 3.15. The summed E-state index contributed by atoms with van der Waals surface area (Å²) in [4.78, 5) is 14.7. The van der Waals surface area contributed by atoms with E-state index in [1.54, 1.807) is 4.90 Å². The Bertz CT molecular complexity index is 455. The molecule has 2 fully saturated rings. The monoisotopic (exact) mass is 302 g/mol. The predicted octanol–water partition coefficient (Wildman–Crippen LogP) is 0.802. The highest BCUT2D eigenvalue weighted by Gasteiger charge is 2.50. The lowest BCUT2D eigenvalue weighted by atomic mass is 9.95. The van der Waals surface area contributed by atoms with Crippen LogP contribution in [-0.2, 0) is 14.6 Å². The molecule has 0 aromatic rings. The third kappa shape index (κ3) is 3.01. The van der Waals surface area contributed by atoms with Crippen LogP contribution in [-0.4, -0.2) is 56.4 Å². The van der Waals surface area contributed by atoms with Gasteiger partial charge in [0.1, 0.15) is 0 Å². The van der Waals surface area contributed by atoms with Crippen molar-refractivity contribution in [2.75, 3.05) is 32.4 Å². The first-order chi connectivity index (χ1) is 9.37. The number of piperidine rings is 1. The molecule has 0 bridgehead atoms. The Hall–Kier alpha value is -0.620. The maximum atomic E-state index is 12.9. The Balaban J connectivity index is 2.23. The Labute approximate surface area is 122 Å². The fraction of sp³-hybridized carbons (Fsp3) is 0.929. The van der Waals surface area contributed by atoms with E-state index in [0.29, 0.717) is 44.9 Å². The van der Waals surface area contributed by atoms with E-state index in [1.807, 2.05) is 0 Å². The van der Waals surface area contributed by atoms with Crippen LogP contribution in [0.4, 0.5) is 0 Å². The van der Waals surface area contributed by atoms with Crippen LogP contribution in [0.5, 0.6) is 0 Å². The molecule has 6 heteroatoms. The Morgan fingerprint density at radius 3 is 2.45 bits per heavy atom. The first kappa shape index (κ1) is 15.8. The zero-order valence-electron chi connectivity index (χ0n) is 12.5. The smallest absolute Gasteiger partial charge is 0.244 e. The van der Waals surface area contributed by atoms with Gasteiger partial charge in [0.25, 0.3) is 0 Å². The maximum Gasteiger partial charge on any atom is 0.244 e. The summed E-state index contributed by atoms with van der Waals surface area (Å²) in [6.45, 7) is 4.80. The Kier molecular flexibility index (Phi) is 4.74. The van der Waals surface area contributed by atoms with Gasteiger partial charge in [-0.2, -0.15) is 0 Å². The van der Waals surface area contributed by atoms with Crippen molar-refractivity contribution >= 4 is 15.7 Å². The van der Waals surface area contributed by atoms with Gasteiger partial charge in [0, 0.05) is 19.3 Å². The standard InChI is InChI=1S/C14H26N2O3S/c1-12-4-3-10-16(11-5-12)13(17)14(20(2,18)19)6-8-15-9-7-14/h12,15H,3-11H2,1-2H3. The molecule has 1 unspecified atom stereocenters. The second kappa shape index (κ2) is 6.02. The molecule has 1 amide bonds. The van der Waals surface area contributed by atoms with Crippen molar-refractivity contribution in [2.24, 2.45) is 5.92 Å². The van der Waals surface area contributed by atoms with Crippen molar-refractivity contribution in [1.82, 2.24) is 10.2 Å². The van der Waals surface area contributed by atoms with E-state index >= 15 is 0 Å². The zero-order chi connectivity index (χ0) is 14.8. The van der Waals surface area contributed by atoms with Crippen LogP contribution in [0, 0.1) is 5.92 Å². The average Bonchev–Trinajstić information content (AvgIpc) is 2.62. The van der Waals surface area contributed by atoms with Crippen molar-refractivity contribution in [3.05, 3.63) is 0 Å². The average molecular weight is 302 g/mol. The van der Waals surface area contributed by atoms with Gasteiger partial charge >= 0.3 is 0 Å². The lowest BCUT2D eigenvalue weighted by Gasteiger charge is -2.38. The highest BCUT2D eigenvalue weighted by molar-refractivity contribution is 7.92. The van der Waals surface area contributed by atoms with E-state index in [1.165, 1.54) is 6.26 Å². The number of carbonyl (C=O) groups is 1. The molecule has 2 heterocycles. The minimum atomic E-state index is -3.39. The number of nitrogens with one attached hydrogen (secondary N) is 1. The van der Waals surface area contributed by atoms with Gasteiger partial charge in [-0.05, 0) is 51.1 Å². The third-order valence-electron chi connectivity index (χ3n) is 4.81. The summed E-state index contributed by atoms with van der Waals surface area (Å²) in [6.07, 6.45) is 5.09. The van der Waals surface area contributed by atoms with Crippen LogP contribution in [0.1, 0.15) is 39.0 Å².